The summed E-state index contributed by atoms with van der Waals surface area (Å²) in [6.07, 6.45) is 1.95. The lowest BCUT2D eigenvalue weighted by atomic mass is 10.1. The van der Waals surface area contributed by atoms with Gasteiger partial charge in [0.25, 0.3) is 0 Å². The molecule has 1 heterocycles. The van der Waals surface area contributed by atoms with Gasteiger partial charge in [-0.05, 0) is 24.6 Å². The molecule has 0 aliphatic carbocycles. The minimum Gasteiger partial charge on any atom is -0.253 e. The largest absolute Gasteiger partial charge is 0.253 e. The summed E-state index contributed by atoms with van der Waals surface area (Å²) in [5.41, 5.74) is 1.78. The van der Waals surface area contributed by atoms with Gasteiger partial charge < -0.3 is 0 Å². The topological polar surface area (TPSA) is 12.9 Å². The third kappa shape index (κ3) is 3.17. The van der Waals surface area contributed by atoms with Gasteiger partial charge in [-0.3, -0.25) is 4.98 Å². The molecule has 0 aliphatic heterocycles. The van der Waals surface area contributed by atoms with E-state index in [2.05, 4.69) is 11.9 Å². The molecule has 0 atom stereocenters. The van der Waals surface area contributed by atoms with E-state index in [0.717, 1.165) is 29.4 Å². The Labute approximate surface area is 121 Å². The van der Waals surface area contributed by atoms with Crippen LogP contribution >= 0.6 is 47.2 Å². The van der Waals surface area contributed by atoms with Gasteiger partial charge in [0.1, 0.15) is 0 Å². The number of aryl methyl sites for hydroxylation is 1. The standard InChI is InChI=1S/C12H10Cl3N.ClH/c1-2-3-7-4-9(13)8-5-10(14)11(15)6-12(8)16-7;/h4-6H,2-3H2,1H3;1H. The number of halogens is 4. The zero-order valence-electron chi connectivity index (χ0n) is 9.14. The molecule has 92 valence electrons. The number of hydrogen-bond acceptors (Lipinski definition) is 1. The second-order valence-electron chi connectivity index (χ2n) is 3.63. The first-order valence-corrected chi connectivity index (χ1v) is 6.19. The molecule has 2 rings (SSSR count). The highest BCUT2D eigenvalue weighted by Crippen LogP contribution is 2.31. The first kappa shape index (κ1) is 14.8. The van der Waals surface area contributed by atoms with Gasteiger partial charge in [0.05, 0.1) is 20.6 Å². The van der Waals surface area contributed by atoms with Crippen molar-refractivity contribution in [2.24, 2.45) is 0 Å². The van der Waals surface area contributed by atoms with Crippen LogP contribution in [0.2, 0.25) is 15.1 Å². The molecule has 0 fully saturated rings. The third-order valence-corrected chi connectivity index (χ3v) is 3.39. The Balaban J connectivity index is 0.00000144. The monoisotopic (exact) mass is 309 g/mol. The van der Waals surface area contributed by atoms with Gasteiger partial charge in [0.15, 0.2) is 0 Å². The first-order valence-electron chi connectivity index (χ1n) is 5.06. The Hall–Kier alpha value is -0.210. The summed E-state index contributed by atoms with van der Waals surface area (Å²) in [6.45, 7) is 2.11. The SMILES string of the molecule is CCCc1cc(Cl)c2cc(Cl)c(Cl)cc2n1.Cl. The van der Waals surface area contributed by atoms with Gasteiger partial charge in [-0.15, -0.1) is 12.4 Å². The van der Waals surface area contributed by atoms with Crippen molar-refractivity contribution in [2.45, 2.75) is 19.8 Å². The lowest BCUT2D eigenvalue weighted by Gasteiger charge is -2.06. The minimum absolute atomic E-state index is 0. The van der Waals surface area contributed by atoms with E-state index in [1.54, 1.807) is 12.1 Å². The predicted molar refractivity (Wildman–Crippen MR) is 78.0 cm³/mol. The second-order valence-corrected chi connectivity index (χ2v) is 4.85. The smallest absolute Gasteiger partial charge is 0.0736 e. The predicted octanol–water partition coefficient (Wildman–Crippen LogP) is 5.57. The molecule has 0 saturated carbocycles. The fourth-order valence-electron chi connectivity index (χ4n) is 1.62. The van der Waals surface area contributed by atoms with E-state index in [9.17, 15) is 0 Å². The van der Waals surface area contributed by atoms with Crippen LogP contribution in [-0.4, -0.2) is 4.98 Å². The van der Waals surface area contributed by atoms with Crippen molar-refractivity contribution >= 4 is 58.1 Å². The molecule has 1 aromatic heterocycles. The lowest BCUT2D eigenvalue weighted by Crippen LogP contribution is -1.91. The minimum atomic E-state index is 0. The summed E-state index contributed by atoms with van der Waals surface area (Å²) in [5.74, 6) is 0. The molecule has 1 aromatic carbocycles. The first-order chi connectivity index (χ1) is 7.61. The molecule has 0 spiro atoms. The van der Waals surface area contributed by atoms with Gasteiger partial charge in [-0.2, -0.15) is 0 Å². The van der Waals surface area contributed by atoms with Crippen LogP contribution < -0.4 is 0 Å². The Morgan fingerprint density at radius 3 is 2.29 bits per heavy atom. The molecule has 2 aromatic rings. The van der Waals surface area contributed by atoms with Crippen LogP contribution in [0.25, 0.3) is 10.9 Å². The van der Waals surface area contributed by atoms with Crippen LogP contribution in [0.1, 0.15) is 19.0 Å². The van der Waals surface area contributed by atoms with Crippen molar-refractivity contribution < 1.29 is 0 Å². The molecule has 1 nitrogen and oxygen atoms in total. The maximum absolute atomic E-state index is 6.18. The van der Waals surface area contributed by atoms with Crippen LogP contribution in [-0.2, 0) is 6.42 Å². The van der Waals surface area contributed by atoms with Crippen LogP contribution in [0.5, 0.6) is 0 Å². The van der Waals surface area contributed by atoms with Crippen molar-refractivity contribution in [3.63, 3.8) is 0 Å². The maximum atomic E-state index is 6.18. The molecule has 0 saturated heterocycles. The van der Waals surface area contributed by atoms with Crippen molar-refractivity contribution in [1.29, 1.82) is 0 Å². The molecular weight excluding hydrogens is 300 g/mol. The highest BCUT2D eigenvalue weighted by Gasteiger charge is 2.07. The van der Waals surface area contributed by atoms with Gasteiger partial charge in [0, 0.05) is 11.1 Å². The zero-order chi connectivity index (χ0) is 11.7. The third-order valence-electron chi connectivity index (χ3n) is 2.36. The van der Waals surface area contributed by atoms with Crippen LogP contribution in [0.15, 0.2) is 18.2 Å². The van der Waals surface area contributed by atoms with E-state index in [-0.39, 0.29) is 12.4 Å². The van der Waals surface area contributed by atoms with E-state index >= 15 is 0 Å². The summed E-state index contributed by atoms with van der Waals surface area (Å²) in [7, 11) is 0. The number of aromatic nitrogens is 1. The van der Waals surface area contributed by atoms with Crippen LogP contribution in [0.4, 0.5) is 0 Å². The summed E-state index contributed by atoms with van der Waals surface area (Å²) in [4.78, 5) is 4.50. The fourth-order valence-corrected chi connectivity index (χ4v) is 2.21. The fraction of sp³-hybridized carbons (Fsp3) is 0.250. The molecule has 0 amide bonds. The summed E-state index contributed by atoms with van der Waals surface area (Å²) in [5, 5.41) is 2.52. The molecule has 0 aliphatic rings. The van der Waals surface area contributed by atoms with Crippen molar-refractivity contribution in [3.8, 4) is 0 Å². The number of rotatable bonds is 2. The highest BCUT2D eigenvalue weighted by atomic mass is 35.5. The Morgan fingerprint density at radius 2 is 1.65 bits per heavy atom. The Bertz CT molecular complexity index is 540. The van der Waals surface area contributed by atoms with Gasteiger partial charge in [-0.1, -0.05) is 48.1 Å². The van der Waals surface area contributed by atoms with Crippen molar-refractivity contribution in [3.05, 3.63) is 39.0 Å². The molecular formula is C12H11Cl4N. The Kier molecular flexibility index (Phi) is 5.33. The number of hydrogen-bond donors (Lipinski definition) is 0. The average Bonchev–Trinajstić information content (AvgIpc) is 2.22. The van der Waals surface area contributed by atoms with E-state index in [1.165, 1.54) is 0 Å². The van der Waals surface area contributed by atoms with Crippen molar-refractivity contribution in [2.75, 3.05) is 0 Å². The van der Waals surface area contributed by atoms with Crippen molar-refractivity contribution in [1.82, 2.24) is 4.98 Å². The zero-order valence-corrected chi connectivity index (χ0v) is 12.2. The molecule has 5 heteroatoms. The van der Waals surface area contributed by atoms with Gasteiger partial charge in [0.2, 0.25) is 0 Å². The molecule has 17 heavy (non-hydrogen) atoms. The van der Waals surface area contributed by atoms with Gasteiger partial charge >= 0.3 is 0 Å². The van der Waals surface area contributed by atoms with Gasteiger partial charge in [-0.25, -0.2) is 0 Å². The summed E-state index contributed by atoms with van der Waals surface area (Å²) < 4.78 is 0. The summed E-state index contributed by atoms with van der Waals surface area (Å²) in [6, 6.07) is 5.40. The number of fused-ring (bicyclic) bond motifs is 1. The average molecular weight is 311 g/mol. The van der Waals surface area contributed by atoms with Crippen LogP contribution in [0.3, 0.4) is 0 Å². The normalized spacial score (nSPS) is 10.4. The highest BCUT2D eigenvalue weighted by molar-refractivity contribution is 6.43. The number of nitrogens with zero attached hydrogens (tertiary/aromatic N) is 1. The van der Waals surface area contributed by atoms with E-state index in [0.29, 0.717) is 15.1 Å². The second kappa shape index (κ2) is 6.10. The van der Waals surface area contributed by atoms with E-state index in [1.807, 2.05) is 6.07 Å². The molecule has 0 bridgehead atoms. The quantitative estimate of drug-likeness (QED) is 0.706. The Morgan fingerprint density at radius 1 is 1.00 bits per heavy atom. The molecule has 0 radical (unpaired) electrons. The van der Waals surface area contributed by atoms with E-state index < -0.39 is 0 Å². The summed E-state index contributed by atoms with van der Waals surface area (Å²) >= 11 is 18.1. The number of pyridine rings is 1. The van der Waals surface area contributed by atoms with Crippen LogP contribution in [0, 0.1) is 0 Å². The molecule has 0 N–H and O–H groups in total. The lowest BCUT2D eigenvalue weighted by molar-refractivity contribution is 0.890. The number of benzene rings is 1. The van der Waals surface area contributed by atoms with E-state index in [4.69, 9.17) is 34.8 Å². The maximum Gasteiger partial charge on any atom is 0.0736 e. The molecule has 0 unspecified atom stereocenters.